The van der Waals surface area contributed by atoms with E-state index in [4.69, 9.17) is 27.9 Å². The number of hydrogen-bond acceptors (Lipinski definition) is 1. The molecule has 0 amide bonds. The van der Waals surface area contributed by atoms with E-state index in [9.17, 15) is 0 Å². The summed E-state index contributed by atoms with van der Waals surface area (Å²) in [7, 11) is 1.67. The van der Waals surface area contributed by atoms with E-state index >= 15 is 0 Å². The highest BCUT2D eigenvalue weighted by Gasteiger charge is 2.14. The molecule has 0 bridgehead atoms. The van der Waals surface area contributed by atoms with E-state index in [2.05, 4.69) is 12.1 Å². The fourth-order valence-corrected chi connectivity index (χ4v) is 3.01. The maximum absolute atomic E-state index is 6.59. The number of halogens is 2. The van der Waals surface area contributed by atoms with Crippen molar-refractivity contribution in [2.24, 2.45) is 0 Å². The first-order valence-corrected chi connectivity index (χ1v) is 7.46. The molecule has 21 heavy (non-hydrogen) atoms. The van der Waals surface area contributed by atoms with Gasteiger partial charge in [0.2, 0.25) is 0 Å². The maximum Gasteiger partial charge on any atom is 0.119 e. The molecular formula is C18H14Cl2O. The van der Waals surface area contributed by atoms with Gasteiger partial charge >= 0.3 is 0 Å². The molecular weight excluding hydrogens is 303 g/mol. The van der Waals surface area contributed by atoms with Gasteiger partial charge in [0.15, 0.2) is 0 Å². The molecule has 1 nitrogen and oxygen atoms in total. The Balaban J connectivity index is 2.03. The molecule has 0 aliphatic heterocycles. The van der Waals surface area contributed by atoms with E-state index < -0.39 is 0 Å². The van der Waals surface area contributed by atoms with Gasteiger partial charge in [0, 0.05) is 5.02 Å². The fraction of sp³-hybridized carbons (Fsp3) is 0.111. The lowest BCUT2D eigenvalue weighted by Gasteiger charge is -2.13. The molecule has 0 spiro atoms. The normalized spacial score (nSPS) is 12.3. The zero-order valence-electron chi connectivity index (χ0n) is 11.5. The molecule has 106 valence electrons. The van der Waals surface area contributed by atoms with Gasteiger partial charge in [-0.25, -0.2) is 0 Å². The largest absolute Gasteiger partial charge is 0.497 e. The smallest absolute Gasteiger partial charge is 0.119 e. The van der Waals surface area contributed by atoms with Gasteiger partial charge in [-0.05, 0) is 46.2 Å². The van der Waals surface area contributed by atoms with Crippen LogP contribution in [0.5, 0.6) is 5.75 Å². The molecule has 0 radical (unpaired) electrons. The summed E-state index contributed by atoms with van der Waals surface area (Å²) < 4.78 is 5.24. The predicted octanol–water partition coefficient (Wildman–Crippen LogP) is 5.83. The lowest BCUT2D eigenvalue weighted by atomic mass is 10.0. The second-order valence-electron chi connectivity index (χ2n) is 4.86. The minimum Gasteiger partial charge on any atom is -0.497 e. The van der Waals surface area contributed by atoms with E-state index in [0.29, 0.717) is 5.02 Å². The van der Waals surface area contributed by atoms with Crippen molar-refractivity contribution in [3.8, 4) is 5.75 Å². The van der Waals surface area contributed by atoms with Crippen LogP contribution in [0.3, 0.4) is 0 Å². The summed E-state index contributed by atoms with van der Waals surface area (Å²) >= 11 is 12.8. The fourth-order valence-electron chi connectivity index (χ4n) is 2.39. The third kappa shape index (κ3) is 2.85. The van der Waals surface area contributed by atoms with E-state index in [1.54, 1.807) is 7.11 Å². The van der Waals surface area contributed by atoms with Crippen molar-refractivity contribution >= 4 is 34.0 Å². The molecule has 0 aliphatic carbocycles. The van der Waals surface area contributed by atoms with Gasteiger partial charge in [-0.1, -0.05) is 48.0 Å². The van der Waals surface area contributed by atoms with Crippen molar-refractivity contribution in [1.82, 2.24) is 0 Å². The maximum atomic E-state index is 6.59. The Labute approximate surface area is 134 Å². The third-order valence-corrected chi connectivity index (χ3v) is 4.37. The highest BCUT2D eigenvalue weighted by molar-refractivity contribution is 6.33. The standard InChI is InChI=1S/C18H14Cl2O/c1-21-15-9-8-12-10-14(7-6-13(12)11-15)18(20)16-4-2-3-5-17(16)19/h2-11,18H,1H3. The van der Waals surface area contributed by atoms with Crippen molar-refractivity contribution < 1.29 is 4.74 Å². The summed E-state index contributed by atoms with van der Waals surface area (Å²) in [6.45, 7) is 0. The number of hydrogen-bond donors (Lipinski definition) is 0. The topological polar surface area (TPSA) is 9.23 Å². The van der Waals surface area contributed by atoms with Gasteiger partial charge in [0.05, 0.1) is 12.5 Å². The monoisotopic (exact) mass is 316 g/mol. The summed E-state index contributed by atoms with van der Waals surface area (Å²) in [6, 6.07) is 19.8. The first-order chi connectivity index (χ1) is 10.2. The first kappa shape index (κ1) is 14.2. The minimum absolute atomic E-state index is 0.259. The quantitative estimate of drug-likeness (QED) is 0.552. The van der Waals surface area contributed by atoms with Crippen molar-refractivity contribution in [1.29, 1.82) is 0 Å². The van der Waals surface area contributed by atoms with E-state index in [1.807, 2.05) is 48.5 Å². The van der Waals surface area contributed by atoms with Crippen LogP contribution in [0.4, 0.5) is 0 Å². The zero-order valence-corrected chi connectivity index (χ0v) is 13.0. The van der Waals surface area contributed by atoms with Crippen LogP contribution in [-0.2, 0) is 0 Å². The van der Waals surface area contributed by atoms with Crippen LogP contribution in [0.1, 0.15) is 16.5 Å². The SMILES string of the molecule is COc1ccc2cc(C(Cl)c3ccccc3Cl)ccc2c1. The third-order valence-electron chi connectivity index (χ3n) is 3.54. The summed E-state index contributed by atoms with van der Waals surface area (Å²) in [4.78, 5) is 0. The summed E-state index contributed by atoms with van der Waals surface area (Å²) in [5.74, 6) is 0.851. The Kier molecular flexibility index (Phi) is 4.05. The molecule has 0 N–H and O–H groups in total. The molecule has 3 heteroatoms. The average Bonchev–Trinajstić information content (AvgIpc) is 2.53. The number of methoxy groups -OCH3 is 1. The van der Waals surface area contributed by atoms with Crippen molar-refractivity contribution in [2.75, 3.05) is 7.11 Å². The van der Waals surface area contributed by atoms with Crippen molar-refractivity contribution in [3.63, 3.8) is 0 Å². The Hall–Kier alpha value is -1.70. The van der Waals surface area contributed by atoms with Crippen LogP contribution in [0.25, 0.3) is 10.8 Å². The lowest BCUT2D eigenvalue weighted by molar-refractivity contribution is 0.415. The molecule has 0 heterocycles. The summed E-state index contributed by atoms with van der Waals surface area (Å²) in [5.41, 5.74) is 1.95. The summed E-state index contributed by atoms with van der Waals surface area (Å²) in [6.07, 6.45) is 0. The van der Waals surface area contributed by atoms with E-state index in [1.165, 1.54) is 0 Å². The molecule has 0 aromatic heterocycles. The van der Waals surface area contributed by atoms with Crippen molar-refractivity contribution in [2.45, 2.75) is 5.38 Å². The highest BCUT2D eigenvalue weighted by atomic mass is 35.5. The molecule has 1 atom stereocenters. The Bertz CT molecular complexity index is 783. The number of ether oxygens (including phenoxy) is 1. The highest BCUT2D eigenvalue weighted by Crippen LogP contribution is 2.35. The van der Waals surface area contributed by atoms with E-state index in [0.717, 1.165) is 27.6 Å². The van der Waals surface area contributed by atoms with Crippen molar-refractivity contribution in [3.05, 3.63) is 76.8 Å². The van der Waals surface area contributed by atoms with Gasteiger partial charge in [-0.2, -0.15) is 0 Å². The Morgan fingerprint density at radius 3 is 2.38 bits per heavy atom. The Morgan fingerprint density at radius 2 is 1.62 bits per heavy atom. The zero-order chi connectivity index (χ0) is 14.8. The van der Waals surface area contributed by atoms with Crippen LogP contribution in [-0.4, -0.2) is 7.11 Å². The molecule has 3 rings (SSSR count). The second-order valence-corrected chi connectivity index (χ2v) is 5.70. The molecule has 0 fully saturated rings. The van der Waals surface area contributed by atoms with Crippen LogP contribution in [0.15, 0.2) is 60.7 Å². The molecule has 0 saturated carbocycles. The average molecular weight is 317 g/mol. The number of rotatable bonds is 3. The second kappa shape index (κ2) is 5.97. The first-order valence-electron chi connectivity index (χ1n) is 6.65. The van der Waals surface area contributed by atoms with Gasteiger partial charge in [-0.15, -0.1) is 11.6 Å². The number of alkyl halides is 1. The number of benzene rings is 3. The van der Waals surface area contributed by atoms with Gasteiger partial charge in [0.25, 0.3) is 0 Å². The summed E-state index contributed by atoms with van der Waals surface area (Å²) in [5, 5.41) is 2.68. The van der Waals surface area contributed by atoms with E-state index in [-0.39, 0.29) is 5.38 Å². The van der Waals surface area contributed by atoms with Crippen LogP contribution >= 0.6 is 23.2 Å². The predicted molar refractivity (Wildman–Crippen MR) is 89.6 cm³/mol. The molecule has 0 aliphatic rings. The number of fused-ring (bicyclic) bond motifs is 1. The minimum atomic E-state index is -0.259. The Morgan fingerprint density at radius 1 is 0.905 bits per heavy atom. The molecule has 1 unspecified atom stereocenters. The molecule has 0 saturated heterocycles. The van der Waals surface area contributed by atoms with Gasteiger partial charge < -0.3 is 4.74 Å². The van der Waals surface area contributed by atoms with Crippen LogP contribution in [0.2, 0.25) is 5.02 Å². The van der Waals surface area contributed by atoms with Crippen LogP contribution < -0.4 is 4.74 Å². The van der Waals surface area contributed by atoms with Crippen LogP contribution in [0, 0.1) is 0 Å². The lowest BCUT2D eigenvalue weighted by Crippen LogP contribution is -1.94. The molecule has 3 aromatic rings. The van der Waals surface area contributed by atoms with Gasteiger partial charge in [0.1, 0.15) is 5.75 Å². The molecule has 3 aromatic carbocycles. The van der Waals surface area contributed by atoms with Gasteiger partial charge in [-0.3, -0.25) is 0 Å².